The zero-order valence-corrected chi connectivity index (χ0v) is 12.5. The Morgan fingerprint density at radius 2 is 2.20 bits per heavy atom. The molecule has 3 N–H and O–H groups in total. The lowest BCUT2D eigenvalue weighted by Crippen LogP contribution is -2.51. The smallest absolute Gasteiger partial charge is 0.230 e. The fourth-order valence-electron chi connectivity index (χ4n) is 2.73. The molecule has 1 fully saturated rings. The molecule has 0 radical (unpaired) electrons. The van der Waals surface area contributed by atoms with Crippen molar-refractivity contribution in [3.63, 3.8) is 0 Å². The highest BCUT2D eigenvalue weighted by molar-refractivity contribution is 5.92. The molecule has 0 aromatic carbocycles. The molecule has 1 heterocycles. The second-order valence-corrected chi connectivity index (χ2v) is 6.09. The first-order valence-electron chi connectivity index (χ1n) is 7.13. The minimum Gasteiger partial charge on any atom is -0.376 e. The molecule has 0 aliphatic heterocycles. The zero-order chi connectivity index (χ0) is 14.8. The van der Waals surface area contributed by atoms with E-state index in [2.05, 4.69) is 10.3 Å². The van der Waals surface area contributed by atoms with E-state index in [0.717, 1.165) is 31.4 Å². The predicted octanol–water partition coefficient (Wildman–Crippen LogP) is 1.99. The number of carbonyl (C=O) groups is 1. The maximum absolute atomic E-state index is 12.4. The molecule has 0 spiro atoms. The topological polar surface area (TPSA) is 71.2 Å². The van der Waals surface area contributed by atoms with E-state index in [1.165, 1.54) is 0 Å². The Kier molecular flexibility index (Phi) is 4.28. The van der Waals surface area contributed by atoms with Gasteiger partial charge in [0.15, 0.2) is 0 Å². The Balaban J connectivity index is 2.03. The van der Waals surface area contributed by atoms with Crippen molar-refractivity contribution in [2.45, 2.75) is 38.1 Å². The average Bonchev–Trinajstić information content (AvgIpc) is 2.38. The van der Waals surface area contributed by atoms with Crippen molar-refractivity contribution < 1.29 is 4.79 Å². The lowest BCUT2D eigenvalue weighted by molar-refractivity contribution is -0.122. The Morgan fingerprint density at radius 1 is 1.45 bits per heavy atom. The summed E-state index contributed by atoms with van der Waals surface area (Å²) in [4.78, 5) is 18.6. The van der Waals surface area contributed by atoms with Gasteiger partial charge in [-0.2, -0.15) is 0 Å². The van der Waals surface area contributed by atoms with Gasteiger partial charge in [-0.25, -0.2) is 4.98 Å². The van der Waals surface area contributed by atoms with Crippen LogP contribution in [0.2, 0.25) is 0 Å². The number of rotatable bonds is 3. The molecular formula is C15H24N4O. The van der Waals surface area contributed by atoms with Crippen LogP contribution < -0.4 is 16.0 Å². The molecule has 1 saturated carbocycles. The highest BCUT2D eigenvalue weighted by Gasteiger charge is 2.37. The lowest BCUT2D eigenvalue weighted by Gasteiger charge is -2.37. The van der Waals surface area contributed by atoms with Crippen LogP contribution in [-0.2, 0) is 4.79 Å². The molecule has 2 atom stereocenters. The van der Waals surface area contributed by atoms with Crippen molar-refractivity contribution >= 4 is 17.4 Å². The van der Waals surface area contributed by atoms with Crippen LogP contribution in [0.5, 0.6) is 0 Å². The first kappa shape index (κ1) is 14.8. The Morgan fingerprint density at radius 3 is 2.75 bits per heavy atom. The molecule has 1 aromatic heterocycles. The fraction of sp³-hybridized carbons (Fsp3) is 0.600. The number of carbonyl (C=O) groups excluding carboxylic acids is 1. The number of nitrogens with zero attached hydrogens (tertiary/aromatic N) is 2. The largest absolute Gasteiger partial charge is 0.376 e. The normalized spacial score (nSPS) is 26.1. The van der Waals surface area contributed by atoms with Crippen LogP contribution in [0, 0.1) is 5.92 Å². The molecule has 2 unspecified atom stereocenters. The van der Waals surface area contributed by atoms with Crippen LogP contribution in [0.15, 0.2) is 18.3 Å². The summed E-state index contributed by atoms with van der Waals surface area (Å²) in [5, 5.41) is 2.88. The summed E-state index contributed by atoms with van der Waals surface area (Å²) < 4.78 is 0. The molecule has 20 heavy (non-hydrogen) atoms. The van der Waals surface area contributed by atoms with Crippen molar-refractivity contribution in [2.75, 3.05) is 24.3 Å². The van der Waals surface area contributed by atoms with Gasteiger partial charge in [-0.05, 0) is 31.9 Å². The molecule has 1 aromatic rings. The van der Waals surface area contributed by atoms with Crippen molar-refractivity contribution in [3.05, 3.63) is 18.3 Å². The number of hydrogen-bond acceptors (Lipinski definition) is 4. The monoisotopic (exact) mass is 276 g/mol. The average molecular weight is 276 g/mol. The zero-order valence-electron chi connectivity index (χ0n) is 12.5. The molecule has 5 heteroatoms. The molecule has 1 aliphatic carbocycles. The molecule has 0 saturated heterocycles. The number of pyridine rings is 1. The van der Waals surface area contributed by atoms with Crippen molar-refractivity contribution in [1.82, 2.24) is 4.98 Å². The predicted molar refractivity (Wildman–Crippen MR) is 81.7 cm³/mol. The molecule has 5 nitrogen and oxygen atoms in total. The molecule has 1 aliphatic rings. The quantitative estimate of drug-likeness (QED) is 0.885. The van der Waals surface area contributed by atoms with E-state index in [1.807, 2.05) is 38.1 Å². The maximum atomic E-state index is 12.4. The Bertz CT molecular complexity index is 467. The highest BCUT2D eigenvalue weighted by atomic mass is 16.2. The molecule has 0 bridgehead atoms. The molecule has 110 valence electrons. The van der Waals surface area contributed by atoms with Gasteiger partial charge in [0, 0.05) is 19.6 Å². The van der Waals surface area contributed by atoms with Gasteiger partial charge >= 0.3 is 0 Å². The van der Waals surface area contributed by atoms with Gasteiger partial charge in [-0.1, -0.05) is 12.8 Å². The SMILES string of the molecule is CN(C)c1ccc(NC(=O)C2CCCCC2(C)N)nc1. The third-order valence-corrected chi connectivity index (χ3v) is 4.09. The number of aromatic nitrogens is 1. The minimum atomic E-state index is -0.411. The summed E-state index contributed by atoms with van der Waals surface area (Å²) in [6.07, 6.45) is 5.68. The summed E-state index contributed by atoms with van der Waals surface area (Å²) in [5.74, 6) is 0.438. The number of nitrogens with one attached hydrogen (secondary N) is 1. The van der Waals surface area contributed by atoms with Crippen LogP contribution in [0.1, 0.15) is 32.6 Å². The maximum Gasteiger partial charge on any atom is 0.230 e. The second kappa shape index (κ2) is 5.79. The van der Waals surface area contributed by atoms with Gasteiger partial charge < -0.3 is 16.0 Å². The minimum absolute atomic E-state index is 0.0141. The van der Waals surface area contributed by atoms with E-state index in [-0.39, 0.29) is 11.8 Å². The summed E-state index contributed by atoms with van der Waals surface area (Å²) in [6.45, 7) is 1.97. The van der Waals surface area contributed by atoms with E-state index in [4.69, 9.17) is 5.73 Å². The number of amides is 1. The van der Waals surface area contributed by atoms with Crippen LogP contribution in [0.3, 0.4) is 0 Å². The van der Waals surface area contributed by atoms with Crippen LogP contribution in [0.4, 0.5) is 11.5 Å². The van der Waals surface area contributed by atoms with E-state index in [9.17, 15) is 4.79 Å². The third kappa shape index (κ3) is 3.28. The Hall–Kier alpha value is -1.62. The first-order valence-corrected chi connectivity index (χ1v) is 7.13. The number of hydrogen-bond donors (Lipinski definition) is 2. The van der Waals surface area contributed by atoms with E-state index < -0.39 is 5.54 Å². The summed E-state index contributed by atoms with van der Waals surface area (Å²) in [6, 6.07) is 3.76. The number of anilines is 2. The molecule has 2 rings (SSSR count). The second-order valence-electron chi connectivity index (χ2n) is 6.09. The molecule has 1 amide bonds. The van der Waals surface area contributed by atoms with Gasteiger partial charge in [0.05, 0.1) is 17.8 Å². The fourth-order valence-corrected chi connectivity index (χ4v) is 2.73. The van der Waals surface area contributed by atoms with Gasteiger partial charge in [-0.3, -0.25) is 4.79 Å². The third-order valence-electron chi connectivity index (χ3n) is 4.09. The lowest BCUT2D eigenvalue weighted by atomic mass is 9.74. The van der Waals surface area contributed by atoms with E-state index in [1.54, 1.807) is 6.20 Å². The Labute approximate surface area is 120 Å². The van der Waals surface area contributed by atoms with E-state index in [0.29, 0.717) is 5.82 Å². The van der Waals surface area contributed by atoms with Crippen LogP contribution in [0.25, 0.3) is 0 Å². The first-order chi connectivity index (χ1) is 9.40. The van der Waals surface area contributed by atoms with E-state index >= 15 is 0 Å². The standard InChI is InChI=1S/C15H24N4O/c1-15(16)9-5-4-6-12(15)14(20)18-13-8-7-11(10-17-13)19(2)3/h7-8,10,12H,4-6,9,16H2,1-3H3,(H,17,18,20). The summed E-state index contributed by atoms with van der Waals surface area (Å²) >= 11 is 0. The number of nitrogens with two attached hydrogens (primary N) is 1. The van der Waals surface area contributed by atoms with Crippen molar-refractivity contribution in [3.8, 4) is 0 Å². The van der Waals surface area contributed by atoms with Gasteiger partial charge in [0.2, 0.25) is 5.91 Å². The van der Waals surface area contributed by atoms with Gasteiger partial charge in [-0.15, -0.1) is 0 Å². The summed E-state index contributed by atoms with van der Waals surface area (Å²) in [5.41, 5.74) is 6.85. The highest BCUT2D eigenvalue weighted by Crippen LogP contribution is 2.32. The van der Waals surface area contributed by atoms with Gasteiger partial charge in [0.1, 0.15) is 5.82 Å². The van der Waals surface area contributed by atoms with Gasteiger partial charge in [0.25, 0.3) is 0 Å². The molecular weight excluding hydrogens is 252 g/mol. The van der Waals surface area contributed by atoms with Crippen LogP contribution in [-0.4, -0.2) is 30.5 Å². The van der Waals surface area contributed by atoms with Crippen molar-refractivity contribution in [1.29, 1.82) is 0 Å². The van der Waals surface area contributed by atoms with Crippen molar-refractivity contribution in [2.24, 2.45) is 11.7 Å². The summed E-state index contributed by atoms with van der Waals surface area (Å²) in [7, 11) is 3.91. The van der Waals surface area contributed by atoms with Crippen LogP contribution >= 0.6 is 0 Å².